The van der Waals surface area contributed by atoms with Gasteiger partial charge in [-0.25, -0.2) is 0 Å². The van der Waals surface area contributed by atoms with E-state index in [4.69, 9.17) is 23.8 Å². The number of nitrogens with one attached hydrogen (secondary N) is 1. The Kier molecular flexibility index (Phi) is 5.52. The summed E-state index contributed by atoms with van der Waals surface area (Å²) in [7, 11) is 0. The number of carbonyl (C=O) groups excluding carboxylic acids is 2. The summed E-state index contributed by atoms with van der Waals surface area (Å²) in [5.41, 5.74) is 5.24. The smallest absolute Gasteiger partial charge is 0.270 e. The summed E-state index contributed by atoms with van der Waals surface area (Å²) in [6.45, 7) is 5.90. The molecule has 0 bridgehead atoms. The molecule has 7 heteroatoms. The van der Waals surface area contributed by atoms with E-state index in [0.717, 1.165) is 11.3 Å². The van der Waals surface area contributed by atoms with Crippen LogP contribution in [-0.4, -0.2) is 21.5 Å². The lowest BCUT2D eigenvalue weighted by molar-refractivity contribution is -0.122. The molecule has 0 unspecified atom stereocenters. The molecule has 2 heterocycles. The maximum absolute atomic E-state index is 13.3. The van der Waals surface area contributed by atoms with Crippen LogP contribution in [0.4, 0.5) is 5.69 Å². The lowest BCUT2D eigenvalue weighted by Gasteiger charge is -2.30. The minimum atomic E-state index is -0.529. The second-order valence-corrected chi connectivity index (χ2v) is 8.21. The first-order valence-electron chi connectivity index (χ1n) is 9.69. The van der Waals surface area contributed by atoms with Crippen molar-refractivity contribution in [3.63, 3.8) is 0 Å². The molecule has 0 saturated carbocycles. The molecule has 156 valence electrons. The summed E-state index contributed by atoms with van der Waals surface area (Å²) in [5, 5.41) is 3.16. The third kappa shape index (κ3) is 3.80. The van der Waals surface area contributed by atoms with Crippen LogP contribution in [0.15, 0.2) is 60.3 Å². The zero-order chi connectivity index (χ0) is 22.3. The van der Waals surface area contributed by atoms with E-state index in [1.807, 2.05) is 42.0 Å². The van der Waals surface area contributed by atoms with Gasteiger partial charge in [0.15, 0.2) is 5.11 Å². The van der Waals surface area contributed by atoms with Gasteiger partial charge >= 0.3 is 0 Å². The van der Waals surface area contributed by atoms with Crippen molar-refractivity contribution in [1.29, 1.82) is 0 Å². The zero-order valence-electron chi connectivity index (χ0n) is 17.3. The second kappa shape index (κ2) is 8.13. The van der Waals surface area contributed by atoms with E-state index in [1.54, 1.807) is 31.2 Å². The molecule has 1 fully saturated rings. The number of thiocarbonyl (C=S) groups is 1. The van der Waals surface area contributed by atoms with Crippen molar-refractivity contribution < 1.29 is 9.59 Å². The van der Waals surface area contributed by atoms with Gasteiger partial charge in [-0.1, -0.05) is 23.7 Å². The molecule has 0 spiro atoms. The zero-order valence-corrected chi connectivity index (χ0v) is 18.8. The summed E-state index contributed by atoms with van der Waals surface area (Å²) >= 11 is 11.5. The fourth-order valence-corrected chi connectivity index (χ4v) is 3.93. The van der Waals surface area contributed by atoms with Gasteiger partial charge in [0.05, 0.1) is 5.69 Å². The first-order chi connectivity index (χ1) is 14.8. The maximum Gasteiger partial charge on any atom is 0.270 e. The van der Waals surface area contributed by atoms with Crippen LogP contribution in [0.2, 0.25) is 5.02 Å². The van der Waals surface area contributed by atoms with Gasteiger partial charge in [-0.15, -0.1) is 0 Å². The van der Waals surface area contributed by atoms with Crippen molar-refractivity contribution in [2.24, 2.45) is 0 Å². The van der Waals surface area contributed by atoms with Crippen molar-refractivity contribution in [3.8, 4) is 5.69 Å². The van der Waals surface area contributed by atoms with Gasteiger partial charge in [0.1, 0.15) is 5.57 Å². The molecule has 1 aliphatic heterocycles. The molecule has 1 N–H and O–H groups in total. The summed E-state index contributed by atoms with van der Waals surface area (Å²) in [4.78, 5) is 27.3. The van der Waals surface area contributed by atoms with E-state index in [0.29, 0.717) is 22.0 Å². The number of carbonyl (C=O) groups is 2. The van der Waals surface area contributed by atoms with Crippen molar-refractivity contribution in [1.82, 2.24) is 9.88 Å². The molecular weight excluding hydrogens is 430 g/mol. The van der Waals surface area contributed by atoms with Crippen LogP contribution in [-0.2, 0) is 9.59 Å². The van der Waals surface area contributed by atoms with Crippen LogP contribution < -0.4 is 10.2 Å². The molecular formula is C24H20ClN3O2S. The first kappa shape index (κ1) is 21.0. The highest BCUT2D eigenvalue weighted by Crippen LogP contribution is 2.30. The van der Waals surface area contributed by atoms with Crippen molar-refractivity contribution in [2.45, 2.75) is 20.8 Å². The van der Waals surface area contributed by atoms with E-state index in [-0.39, 0.29) is 10.7 Å². The lowest BCUT2D eigenvalue weighted by Crippen LogP contribution is -2.54. The van der Waals surface area contributed by atoms with Crippen LogP contribution in [0.3, 0.4) is 0 Å². The Balaban J connectivity index is 1.78. The van der Waals surface area contributed by atoms with Gasteiger partial charge in [0, 0.05) is 22.6 Å². The average Bonchev–Trinajstić information content (AvgIpc) is 3.18. The summed E-state index contributed by atoms with van der Waals surface area (Å²) in [5.74, 6) is -1.02. The number of halogens is 1. The van der Waals surface area contributed by atoms with Gasteiger partial charge in [0.25, 0.3) is 11.8 Å². The number of aryl methyl sites for hydroxylation is 2. The van der Waals surface area contributed by atoms with Gasteiger partial charge in [-0.3, -0.25) is 19.8 Å². The fourth-order valence-electron chi connectivity index (χ4n) is 3.48. The third-order valence-electron chi connectivity index (χ3n) is 5.42. The Labute approximate surface area is 190 Å². The van der Waals surface area contributed by atoms with Gasteiger partial charge in [-0.2, -0.15) is 0 Å². The van der Waals surface area contributed by atoms with Crippen LogP contribution in [0.5, 0.6) is 0 Å². The second-order valence-electron chi connectivity index (χ2n) is 7.41. The number of hydrogen-bond donors (Lipinski definition) is 1. The Morgan fingerprint density at radius 2 is 1.77 bits per heavy atom. The first-order valence-corrected chi connectivity index (χ1v) is 10.5. The highest BCUT2D eigenvalue weighted by molar-refractivity contribution is 7.80. The number of anilines is 1. The maximum atomic E-state index is 13.3. The quantitative estimate of drug-likeness (QED) is 0.352. The molecule has 0 atom stereocenters. The fraction of sp³-hybridized carbons (Fsp3) is 0.125. The van der Waals surface area contributed by atoms with Gasteiger partial charge < -0.3 is 4.57 Å². The normalized spacial score (nSPS) is 15.5. The molecule has 2 aromatic carbocycles. The van der Waals surface area contributed by atoms with Crippen LogP contribution in [0, 0.1) is 20.8 Å². The Morgan fingerprint density at radius 3 is 2.52 bits per heavy atom. The predicted octanol–water partition coefficient (Wildman–Crippen LogP) is 4.89. The number of hydrogen-bond acceptors (Lipinski definition) is 3. The summed E-state index contributed by atoms with van der Waals surface area (Å²) in [6.07, 6.45) is 3.48. The van der Waals surface area contributed by atoms with Gasteiger partial charge in [-0.05, 0) is 92.2 Å². The minimum Gasteiger partial charge on any atom is -0.317 e. The SMILES string of the molecule is Cc1ccc(-n2cccc2/C=C2\C(=O)NC(=S)N(c3cccc(Cl)c3C)C2=O)cc1C. The Hall–Kier alpha value is -3.22. The molecule has 1 saturated heterocycles. The highest BCUT2D eigenvalue weighted by atomic mass is 35.5. The number of amides is 2. The molecule has 1 aliphatic rings. The van der Waals surface area contributed by atoms with Crippen molar-refractivity contribution in [2.75, 3.05) is 4.90 Å². The van der Waals surface area contributed by atoms with Crippen LogP contribution >= 0.6 is 23.8 Å². The van der Waals surface area contributed by atoms with E-state index in [2.05, 4.69) is 18.3 Å². The average molecular weight is 450 g/mol. The molecule has 0 aliphatic carbocycles. The molecule has 0 radical (unpaired) electrons. The van der Waals surface area contributed by atoms with E-state index in [9.17, 15) is 9.59 Å². The van der Waals surface area contributed by atoms with Gasteiger partial charge in [0.2, 0.25) is 0 Å². The molecule has 31 heavy (non-hydrogen) atoms. The van der Waals surface area contributed by atoms with Crippen molar-refractivity contribution in [3.05, 3.63) is 87.7 Å². The molecule has 2 amide bonds. The van der Waals surface area contributed by atoms with Crippen molar-refractivity contribution >= 4 is 52.5 Å². The third-order valence-corrected chi connectivity index (χ3v) is 6.12. The molecule has 5 nitrogen and oxygen atoms in total. The van der Waals surface area contributed by atoms with Crippen LogP contribution in [0.1, 0.15) is 22.4 Å². The topological polar surface area (TPSA) is 54.3 Å². The minimum absolute atomic E-state index is 0.00300. The molecule has 3 aromatic rings. The number of benzene rings is 2. The largest absolute Gasteiger partial charge is 0.317 e. The van der Waals surface area contributed by atoms with E-state index in [1.165, 1.54) is 10.5 Å². The number of nitrogens with zero attached hydrogens (tertiary/aromatic N) is 2. The summed E-state index contributed by atoms with van der Waals surface area (Å²) in [6, 6.07) is 15.1. The number of aromatic nitrogens is 1. The Bertz CT molecular complexity index is 1280. The Morgan fingerprint density at radius 1 is 1.00 bits per heavy atom. The molecule has 4 rings (SSSR count). The number of rotatable bonds is 3. The molecule has 1 aromatic heterocycles. The predicted molar refractivity (Wildman–Crippen MR) is 128 cm³/mol. The summed E-state index contributed by atoms with van der Waals surface area (Å²) < 4.78 is 1.93. The van der Waals surface area contributed by atoms with E-state index < -0.39 is 11.8 Å². The lowest BCUT2D eigenvalue weighted by atomic mass is 10.1. The van der Waals surface area contributed by atoms with E-state index >= 15 is 0 Å². The standard InChI is InChI=1S/C24H20ClN3O2S/c1-14-9-10-18(12-15(14)2)27-11-5-6-17(27)13-19-22(29)26-24(31)28(23(19)30)21-8-4-7-20(25)16(21)3/h4-13H,1-3H3,(H,26,29,31)/b19-13+. The highest BCUT2D eigenvalue weighted by Gasteiger charge is 2.35. The monoisotopic (exact) mass is 449 g/mol. The van der Waals surface area contributed by atoms with Crippen LogP contribution in [0.25, 0.3) is 11.8 Å².